The van der Waals surface area contributed by atoms with Gasteiger partial charge in [-0.15, -0.1) is 0 Å². The third-order valence-electron chi connectivity index (χ3n) is 2.63. The molecular weight excluding hydrogens is 228 g/mol. The van der Waals surface area contributed by atoms with Crippen LogP contribution in [0.1, 0.15) is 25.0 Å². The summed E-state index contributed by atoms with van der Waals surface area (Å²) >= 11 is 0. The van der Waals surface area contributed by atoms with Gasteiger partial charge in [-0.3, -0.25) is 0 Å². The lowest BCUT2D eigenvalue weighted by Gasteiger charge is -2.07. The van der Waals surface area contributed by atoms with Gasteiger partial charge in [0.15, 0.2) is 0 Å². The quantitative estimate of drug-likeness (QED) is 0.569. The number of hydrogen-bond donors (Lipinski definition) is 0. The van der Waals surface area contributed by atoms with Crippen LogP contribution in [0, 0.1) is 0 Å². The number of aliphatic imine (C=N–C) groups is 2. The number of benzene rings is 1. The highest BCUT2D eigenvalue weighted by atomic mass is 16.1. The van der Waals surface area contributed by atoms with Crippen LogP contribution in [-0.2, 0) is 22.4 Å². The SMILES string of the molecule is CC(Cc1ccc(CC(C)N=C=O)cc1)N=C=O. The van der Waals surface area contributed by atoms with Crippen molar-refractivity contribution in [2.75, 3.05) is 0 Å². The van der Waals surface area contributed by atoms with Crippen LogP contribution in [0.2, 0.25) is 0 Å². The summed E-state index contributed by atoms with van der Waals surface area (Å²) in [6.45, 7) is 3.75. The molecule has 0 saturated heterocycles. The molecule has 0 N–H and O–H groups in total. The minimum atomic E-state index is -0.0491. The van der Waals surface area contributed by atoms with Gasteiger partial charge in [0.2, 0.25) is 12.2 Å². The zero-order chi connectivity index (χ0) is 13.4. The maximum Gasteiger partial charge on any atom is 0.235 e. The predicted molar refractivity (Wildman–Crippen MR) is 69.0 cm³/mol. The van der Waals surface area contributed by atoms with E-state index < -0.39 is 0 Å². The lowest BCUT2D eigenvalue weighted by Crippen LogP contribution is -2.04. The molecule has 0 spiro atoms. The Morgan fingerprint density at radius 3 is 1.50 bits per heavy atom. The normalized spacial score (nSPS) is 13.0. The molecule has 0 heterocycles. The molecular formula is C14H16N2O2. The molecule has 94 valence electrons. The van der Waals surface area contributed by atoms with E-state index in [1.165, 1.54) is 0 Å². The average molecular weight is 244 g/mol. The number of isocyanates is 2. The van der Waals surface area contributed by atoms with E-state index in [0.29, 0.717) is 0 Å². The minimum Gasteiger partial charge on any atom is -0.211 e. The van der Waals surface area contributed by atoms with E-state index in [1.807, 2.05) is 38.1 Å². The molecule has 0 aliphatic carbocycles. The summed E-state index contributed by atoms with van der Waals surface area (Å²) < 4.78 is 0. The van der Waals surface area contributed by atoms with Crippen LogP contribution < -0.4 is 0 Å². The molecule has 18 heavy (non-hydrogen) atoms. The van der Waals surface area contributed by atoms with Crippen LogP contribution in [0.5, 0.6) is 0 Å². The zero-order valence-corrected chi connectivity index (χ0v) is 10.6. The van der Waals surface area contributed by atoms with Crippen LogP contribution >= 0.6 is 0 Å². The van der Waals surface area contributed by atoms with Crippen molar-refractivity contribution in [3.63, 3.8) is 0 Å². The van der Waals surface area contributed by atoms with E-state index in [2.05, 4.69) is 9.98 Å². The van der Waals surface area contributed by atoms with Crippen molar-refractivity contribution in [2.45, 2.75) is 38.8 Å². The van der Waals surface area contributed by atoms with E-state index in [1.54, 1.807) is 12.2 Å². The van der Waals surface area contributed by atoms with Gasteiger partial charge >= 0.3 is 0 Å². The average Bonchev–Trinajstić information content (AvgIpc) is 2.32. The molecule has 2 unspecified atom stereocenters. The first-order valence-electron chi connectivity index (χ1n) is 5.87. The van der Waals surface area contributed by atoms with Gasteiger partial charge in [-0.1, -0.05) is 24.3 Å². The maximum atomic E-state index is 10.1. The Morgan fingerprint density at radius 2 is 1.22 bits per heavy atom. The van der Waals surface area contributed by atoms with Crippen molar-refractivity contribution in [3.8, 4) is 0 Å². The fraction of sp³-hybridized carbons (Fsp3) is 0.429. The Balaban J connectivity index is 2.62. The van der Waals surface area contributed by atoms with Gasteiger partial charge in [-0.2, -0.15) is 0 Å². The first-order valence-corrected chi connectivity index (χ1v) is 5.87. The molecule has 0 aromatic heterocycles. The van der Waals surface area contributed by atoms with Gasteiger partial charge in [-0.25, -0.2) is 19.6 Å². The molecule has 0 saturated carbocycles. The van der Waals surface area contributed by atoms with Gasteiger partial charge in [0.25, 0.3) is 0 Å². The molecule has 0 aliphatic rings. The van der Waals surface area contributed by atoms with Gasteiger partial charge in [-0.05, 0) is 37.8 Å². The summed E-state index contributed by atoms with van der Waals surface area (Å²) in [5, 5.41) is 0. The number of rotatable bonds is 6. The molecule has 0 bridgehead atoms. The Labute approximate surface area is 106 Å². The van der Waals surface area contributed by atoms with Crippen molar-refractivity contribution in [2.24, 2.45) is 9.98 Å². The monoisotopic (exact) mass is 244 g/mol. The fourth-order valence-corrected chi connectivity index (χ4v) is 1.76. The van der Waals surface area contributed by atoms with Crippen molar-refractivity contribution < 1.29 is 9.59 Å². The largest absolute Gasteiger partial charge is 0.235 e. The van der Waals surface area contributed by atoms with Crippen molar-refractivity contribution >= 4 is 12.2 Å². The molecule has 0 fully saturated rings. The van der Waals surface area contributed by atoms with Crippen LogP contribution in [0.25, 0.3) is 0 Å². The lowest BCUT2D eigenvalue weighted by atomic mass is 10.0. The van der Waals surface area contributed by atoms with E-state index >= 15 is 0 Å². The molecule has 1 rings (SSSR count). The first-order chi connectivity index (χ1) is 8.65. The molecule has 1 aromatic rings. The standard InChI is InChI=1S/C14H16N2O2/c1-11(15-9-17)7-13-3-5-14(6-4-13)8-12(2)16-10-18/h3-6,11-12H,7-8H2,1-2H3. The third-order valence-corrected chi connectivity index (χ3v) is 2.63. The molecule has 4 heteroatoms. The number of hydrogen-bond acceptors (Lipinski definition) is 4. The fourth-order valence-electron chi connectivity index (χ4n) is 1.76. The second-order valence-corrected chi connectivity index (χ2v) is 4.36. The lowest BCUT2D eigenvalue weighted by molar-refractivity contribution is 0.557. The minimum absolute atomic E-state index is 0.0491. The summed E-state index contributed by atoms with van der Waals surface area (Å²) in [4.78, 5) is 27.5. The second kappa shape index (κ2) is 7.33. The Hall–Kier alpha value is -2.02. The van der Waals surface area contributed by atoms with Gasteiger partial charge in [0.05, 0.1) is 12.1 Å². The Morgan fingerprint density at radius 1 is 0.889 bits per heavy atom. The highest BCUT2D eigenvalue weighted by Gasteiger charge is 2.04. The predicted octanol–water partition coefficient (Wildman–Crippen LogP) is 2.22. The first kappa shape index (κ1) is 14.0. The second-order valence-electron chi connectivity index (χ2n) is 4.36. The molecule has 0 aliphatic heterocycles. The summed E-state index contributed by atoms with van der Waals surface area (Å²) in [7, 11) is 0. The molecule has 4 nitrogen and oxygen atoms in total. The van der Waals surface area contributed by atoms with Crippen molar-refractivity contribution in [1.29, 1.82) is 0 Å². The van der Waals surface area contributed by atoms with Gasteiger partial charge in [0, 0.05) is 0 Å². The van der Waals surface area contributed by atoms with E-state index in [9.17, 15) is 9.59 Å². The van der Waals surface area contributed by atoms with Gasteiger partial charge < -0.3 is 0 Å². The van der Waals surface area contributed by atoms with E-state index in [4.69, 9.17) is 0 Å². The number of nitrogens with zero attached hydrogens (tertiary/aromatic N) is 2. The van der Waals surface area contributed by atoms with Crippen LogP contribution in [0.15, 0.2) is 34.3 Å². The Kier molecular flexibility index (Phi) is 5.72. The van der Waals surface area contributed by atoms with E-state index in [0.717, 1.165) is 24.0 Å². The van der Waals surface area contributed by atoms with Gasteiger partial charge in [0.1, 0.15) is 0 Å². The zero-order valence-electron chi connectivity index (χ0n) is 10.6. The Bertz CT molecular complexity index is 424. The van der Waals surface area contributed by atoms with Crippen LogP contribution in [0.4, 0.5) is 0 Å². The maximum absolute atomic E-state index is 10.1. The molecule has 2 atom stereocenters. The van der Waals surface area contributed by atoms with Crippen molar-refractivity contribution in [1.82, 2.24) is 0 Å². The third kappa shape index (κ3) is 4.88. The number of carbonyl (C=O) groups excluding carboxylic acids is 2. The topological polar surface area (TPSA) is 58.9 Å². The smallest absolute Gasteiger partial charge is 0.211 e. The van der Waals surface area contributed by atoms with E-state index in [-0.39, 0.29) is 12.1 Å². The van der Waals surface area contributed by atoms with Crippen LogP contribution in [-0.4, -0.2) is 24.2 Å². The molecule has 0 radical (unpaired) electrons. The summed E-state index contributed by atoms with van der Waals surface area (Å²) in [5.41, 5.74) is 2.24. The molecule has 0 amide bonds. The highest BCUT2D eigenvalue weighted by Crippen LogP contribution is 2.10. The summed E-state index contributed by atoms with van der Waals surface area (Å²) in [6.07, 6.45) is 4.57. The van der Waals surface area contributed by atoms with Crippen LogP contribution in [0.3, 0.4) is 0 Å². The summed E-state index contributed by atoms with van der Waals surface area (Å²) in [5.74, 6) is 0. The highest BCUT2D eigenvalue weighted by molar-refractivity contribution is 5.34. The molecule has 1 aromatic carbocycles. The summed E-state index contributed by atoms with van der Waals surface area (Å²) in [6, 6.07) is 7.92. The van der Waals surface area contributed by atoms with Crippen molar-refractivity contribution in [3.05, 3.63) is 35.4 Å².